The van der Waals surface area contributed by atoms with Crippen LogP contribution in [0.25, 0.3) is 0 Å². The predicted octanol–water partition coefficient (Wildman–Crippen LogP) is 6.41. The molecule has 0 spiro atoms. The SMILES string of the molecule is CC(=O)O[C@@]12CO[C@@H]1C[C@H](OC(=O)OCC(Cl)(Cl)Cl)[C@@]1(C)C(=O)[C@H](OC(=O)OCC(Cl)(Cl)Cl)C3=C(C)[C@@H](O)C[C@@](O)([C@@H](OC(=O)C4CCCCC4)[C@H]21)C3(C)C. The van der Waals surface area contributed by atoms with E-state index < -0.39 is 122 Å². The van der Waals surface area contributed by atoms with Gasteiger partial charge in [0.1, 0.15) is 37.1 Å². The van der Waals surface area contributed by atoms with Gasteiger partial charge in [-0.2, -0.15) is 0 Å². The number of hydrogen-bond acceptors (Lipinski definition) is 14. The summed E-state index contributed by atoms with van der Waals surface area (Å²) in [5.74, 6) is -4.64. The summed E-state index contributed by atoms with van der Waals surface area (Å²) >= 11 is 34.8. The van der Waals surface area contributed by atoms with Crippen LogP contribution in [0.1, 0.15) is 79.6 Å². The Morgan fingerprint density at radius 1 is 0.891 bits per heavy atom. The number of carbonyl (C=O) groups excluding carboxylic acids is 5. The molecule has 2 bridgehead atoms. The van der Waals surface area contributed by atoms with Crippen LogP contribution >= 0.6 is 69.6 Å². The highest BCUT2D eigenvalue weighted by Crippen LogP contribution is 2.65. The van der Waals surface area contributed by atoms with Gasteiger partial charge in [-0.1, -0.05) is 103 Å². The number of aliphatic hydroxyl groups is 2. The number of alkyl halides is 6. The molecule has 20 heteroatoms. The van der Waals surface area contributed by atoms with E-state index in [0.717, 1.165) is 26.2 Å². The monoisotopic (exact) mass is 898 g/mol. The van der Waals surface area contributed by atoms with Crippen molar-refractivity contribution in [1.82, 2.24) is 0 Å². The predicted molar refractivity (Wildman–Crippen MR) is 197 cm³/mol. The van der Waals surface area contributed by atoms with Gasteiger partial charge >= 0.3 is 24.2 Å². The van der Waals surface area contributed by atoms with Crippen LogP contribution in [0.3, 0.4) is 0 Å². The third-order valence-corrected chi connectivity index (χ3v) is 12.6. The molecule has 1 heterocycles. The number of ketones is 1. The van der Waals surface area contributed by atoms with Crippen LogP contribution in [0.15, 0.2) is 11.1 Å². The molecule has 5 rings (SSSR count). The summed E-state index contributed by atoms with van der Waals surface area (Å²) in [6.07, 6.45) is -8.14. The molecular weight excluding hydrogens is 857 g/mol. The van der Waals surface area contributed by atoms with E-state index in [0.29, 0.717) is 12.8 Å². The molecule has 0 unspecified atom stereocenters. The van der Waals surface area contributed by atoms with Crippen LogP contribution in [0.5, 0.6) is 0 Å². The maximum atomic E-state index is 15.7. The number of hydrogen-bond donors (Lipinski definition) is 2. The normalized spacial score (nSPS) is 36.1. The van der Waals surface area contributed by atoms with Crippen molar-refractivity contribution in [3.8, 4) is 0 Å². The molecule has 0 aromatic carbocycles. The topological polar surface area (TPSA) is 190 Å². The zero-order valence-corrected chi connectivity index (χ0v) is 35.2. The lowest BCUT2D eigenvalue weighted by atomic mass is 9.44. The summed E-state index contributed by atoms with van der Waals surface area (Å²) in [5, 5.41) is 24.9. The van der Waals surface area contributed by atoms with Crippen molar-refractivity contribution in [2.75, 3.05) is 19.8 Å². The summed E-state index contributed by atoms with van der Waals surface area (Å²) in [6.45, 7) is 5.15. The molecule has 4 aliphatic carbocycles. The molecule has 14 nitrogen and oxygen atoms in total. The first kappa shape index (κ1) is 44.6. The van der Waals surface area contributed by atoms with Gasteiger partial charge < -0.3 is 43.4 Å². The smallest absolute Gasteiger partial charge is 0.459 e. The molecule has 5 aliphatic rings. The van der Waals surface area contributed by atoms with Crippen molar-refractivity contribution in [1.29, 1.82) is 0 Å². The number of Topliss-reactive ketones (excluding diaryl/α,β-unsaturated/α-hetero) is 1. The van der Waals surface area contributed by atoms with Gasteiger partial charge in [0.2, 0.25) is 7.59 Å². The maximum Gasteiger partial charge on any atom is 0.509 e. The number of halogens is 6. The van der Waals surface area contributed by atoms with Crippen molar-refractivity contribution in [3.05, 3.63) is 11.1 Å². The highest BCUT2D eigenvalue weighted by Gasteiger charge is 2.79. The molecule has 4 fully saturated rings. The Bertz CT molecular complexity index is 1590. The molecule has 310 valence electrons. The van der Waals surface area contributed by atoms with Gasteiger partial charge in [0.25, 0.3) is 0 Å². The van der Waals surface area contributed by atoms with Gasteiger partial charge in [0.05, 0.1) is 30.0 Å². The molecule has 9 atom stereocenters. The zero-order valence-electron chi connectivity index (χ0n) is 30.7. The highest BCUT2D eigenvalue weighted by molar-refractivity contribution is 6.68. The number of fused-ring (bicyclic) bond motifs is 5. The Hall–Kier alpha value is -1.49. The van der Waals surface area contributed by atoms with Crippen molar-refractivity contribution in [2.24, 2.45) is 22.7 Å². The molecule has 0 aromatic heterocycles. The minimum atomic E-state index is -2.30. The van der Waals surface area contributed by atoms with Gasteiger partial charge in [-0.05, 0) is 37.8 Å². The Kier molecular flexibility index (Phi) is 12.9. The lowest BCUT2D eigenvalue weighted by Crippen LogP contribution is -2.82. The van der Waals surface area contributed by atoms with Gasteiger partial charge in [-0.3, -0.25) is 14.4 Å². The van der Waals surface area contributed by atoms with Gasteiger partial charge in [-0.25, -0.2) is 9.59 Å². The fourth-order valence-electron chi connectivity index (χ4n) is 9.25. The van der Waals surface area contributed by atoms with E-state index in [2.05, 4.69) is 0 Å². The molecule has 0 amide bonds. The number of ether oxygens (including phenoxy) is 7. The summed E-state index contributed by atoms with van der Waals surface area (Å²) in [7, 11) is 0. The van der Waals surface area contributed by atoms with E-state index in [-0.39, 0.29) is 24.2 Å². The highest BCUT2D eigenvalue weighted by atomic mass is 35.6. The second-order valence-electron chi connectivity index (χ2n) is 15.7. The number of rotatable bonds is 7. The van der Waals surface area contributed by atoms with E-state index in [1.165, 1.54) is 27.7 Å². The van der Waals surface area contributed by atoms with Gasteiger partial charge in [0, 0.05) is 25.2 Å². The summed E-state index contributed by atoms with van der Waals surface area (Å²) in [6, 6.07) is 0. The standard InChI is InChI=1S/C35H44Cl6O14/c1-16-19(43)12-33(48)26(54-27(45)18-9-7-6-8-10-18)24-31(5,25(44)23(22(16)30(33,3)4)53-29(47)51-15-35(39,40)41)20(52-28(46)50-14-34(36,37)38)11-21-32(24,13-49-21)55-17(2)42/h18-21,23-24,26,43,48H,6-15H2,1-5H3/t19-,20-,21+,23+,24-,26-,31+,32-,33+/m0/s1. The van der Waals surface area contributed by atoms with Crippen LogP contribution in [0.2, 0.25) is 0 Å². The zero-order chi connectivity index (χ0) is 41.1. The van der Waals surface area contributed by atoms with E-state index in [1.807, 2.05) is 0 Å². The van der Waals surface area contributed by atoms with Crippen molar-refractivity contribution >= 4 is 99.6 Å². The second kappa shape index (κ2) is 15.9. The van der Waals surface area contributed by atoms with Crippen molar-refractivity contribution in [3.63, 3.8) is 0 Å². The lowest BCUT2D eigenvalue weighted by molar-refractivity contribution is -0.347. The number of carbonyl (C=O) groups is 5. The summed E-state index contributed by atoms with van der Waals surface area (Å²) in [4.78, 5) is 69.5. The van der Waals surface area contributed by atoms with Crippen LogP contribution < -0.4 is 0 Å². The van der Waals surface area contributed by atoms with Crippen LogP contribution in [0.4, 0.5) is 9.59 Å². The fraction of sp³-hybridized carbons (Fsp3) is 0.800. The Morgan fingerprint density at radius 2 is 1.45 bits per heavy atom. The first-order chi connectivity index (χ1) is 25.3. The Labute approximate surface area is 347 Å². The van der Waals surface area contributed by atoms with Crippen LogP contribution in [-0.2, 0) is 47.5 Å². The average Bonchev–Trinajstić information content (AvgIpc) is 3.07. The van der Waals surface area contributed by atoms with E-state index in [4.69, 9.17) is 103 Å². The maximum absolute atomic E-state index is 15.7. The quantitative estimate of drug-likeness (QED) is 0.123. The van der Waals surface area contributed by atoms with E-state index >= 15 is 4.79 Å². The minimum Gasteiger partial charge on any atom is -0.459 e. The van der Waals surface area contributed by atoms with Crippen LogP contribution in [0, 0.1) is 22.7 Å². The number of aliphatic hydroxyl groups excluding tert-OH is 1. The average molecular weight is 901 g/mol. The third kappa shape index (κ3) is 8.50. The molecule has 1 aliphatic heterocycles. The second-order valence-corrected chi connectivity index (χ2v) is 20.7. The molecule has 55 heavy (non-hydrogen) atoms. The fourth-order valence-corrected chi connectivity index (χ4v) is 9.58. The van der Waals surface area contributed by atoms with E-state index in [9.17, 15) is 29.4 Å². The minimum absolute atomic E-state index is 0.0611. The molecule has 1 saturated heterocycles. The largest absolute Gasteiger partial charge is 0.509 e. The van der Waals surface area contributed by atoms with Crippen molar-refractivity contribution in [2.45, 2.75) is 129 Å². The lowest BCUT2D eigenvalue weighted by Gasteiger charge is -2.67. The summed E-state index contributed by atoms with van der Waals surface area (Å²) in [5.41, 5.74) is -7.86. The number of esters is 2. The Balaban J connectivity index is 1.77. The van der Waals surface area contributed by atoms with Gasteiger partial charge in [-0.15, -0.1) is 0 Å². The van der Waals surface area contributed by atoms with Crippen LogP contribution in [-0.4, -0.2) is 109 Å². The van der Waals surface area contributed by atoms with Gasteiger partial charge in [0.15, 0.2) is 17.5 Å². The molecular formula is C35H44Cl6O14. The van der Waals surface area contributed by atoms with Crippen molar-refractivity contribution < 1.29 is 67.3 Å². The first-order valence-electron chi connectivity index (χ1n) is 17.8. The molecule has 0 radical (unpaired) electrons. The molecule has 3 saturated carbocycles. The Morgan fingerprint density at radius 3 is 1.96 bits per heavy atom. The van der Waals surface area contributed by atoms with E-state index in [1.54, 1.807) is 0 Å². The first-order valence-corrected chi connectivity index (χ1v) is 20.0. The third-order valence-electron chi connectivity index (χ3n) is 12.0. The summed E-state index contributed by atoms with van der Waals surface area (Å²) < 4.78 is 36.0. The molecule has 2 N–H and O–H groups in total. The molecule has 0 aromatic rings.